The first-order valence-corrected chi connectivity index (χ1v) is 11.0. The number of aliphatic hydroxyl groups excluding tert-OH is 1. The molecule has 0 aromatic heterocycles. The van der Waals surface area contributed by atoms with E-state index in [9.17, 15) is 4.79 Å². The van der Waals surface area contributed by atoms with Crippen molar-refractivity contribution in [3.05, 3.63) is 35.9 Å². The van der Waals surface area contributed by atoms with Gasteiger partial charge in [-0.2, -0.15) is 0 Å². The first-order chi connectivity index (χ1) is 10.7. The molecule has 0 aliphatic rings. The number of carbonyl (C=O) groups is 1. The minimum Gasteiger partial charge on any atom is -0.411 e. The lowest BCUT2D eigenvalue weighted by atomic mass is 10.2. The van der Waals surface area contributed by atoms with Gasteiger partial charge in [-0.05, 0) is 23.7 Å². The van der Waals surface area contributed by atoms with Gasteiger partial charge in [0.25, 0.3) is 0 Å². The Kier molecular flexibility index (Phi) is 7.60. The fourth-order valence-electron chi connectivity index (χ4n) is 1.93. The number of ketones is 1. The van der Waals surface area contributed by atoms with Crippen LogP contribution in [0.3, 0.4) is 0 Å². The van der Waals surface area contributed by atoms with Crippen molar-refractivity contribution in [2.24, 2.45) is 0 Å². The highest BCUT2D eigenvalue weighted by atomic mass is 28.4. The maximum atomic E-state index is 11.6. The Morgan fingerprint density at radius 2 is 1.83 bits per heavy atom. The molecular formula is C18H30O4Si. The van der Waals surface area contributed by atoms with Crippen molar-refractivity contribution in [3.63, 3.8) is 0 Å². The van der Waals surface area contributed by atoms with Crippen LogP contribution in [-0.4, -0.2) is 38.5 Å². The molecule has 0 unspecified atom stereocenters. The quantitative estimate of drug-likeness (QED) is 0.700. The Morgan fingerprint density at radius 1 is 1.22 bits per heavy atom. The van der Waals surface area contributed by atoms with Crippen LogP contribution < -0.4 is 0 Å². The molecule has 1 aromatic carbocycles. The van der Waals surface area contributed by atoms with E-state index in [1.54, 1.807) is 0 Å². The highest BCUT2D eigenvalue weighted by Crippen LogP contribution is 2.37. The number of ether oxygens (including phenoxy) is 1. The third kappa shape index (κ3) is 6.95. The maximum absolute atomic E-state index is 11.6. The topological polar surface area (TPSA) is 55.8 Å². The molecule has 0 radical (unpaired) electrons. The van der Waals surface area contributed by atoms with E-state index in [2.05, 4.69) is 33.9 Å². The molecule has 1 N–H and O–H groups in total. The zero-order chi connectivity index (χ0) is 17.5. The lowest BCUT2D eigenvalue weighted by molar-refractivity contribution is -0.124. The van der Waals surface area contributed by atoms with Gasteiger partial charge in [0, 0.05) is 6.42 Å². The molecule has 5 heteroatoms. The van der Waals surface area contributed by atoms with E-state index in [0.29, 0.717) is 13.2 Å². The van der Waals surface area contributed by atoms with E-state index < -0.39 is 14.9 Å². The van der Waals surface area contributed by atoms with Crippen molar-refractivity contribution in [1.82, 2.24) is 0 Å². The van der Waals surface area contributed by atoms with Gasteiger partial charge in [0.2, 0.25) is 0 Å². The van der Waals surface area contributed by atoms with Crippen LogP contribution in [0, 0.1) is 0 Å². The summed E-state index contributed by atoms with van der Waals surface area (Å²) in [7, 11) is -1.99. The van der Waals surface area contributed by atoms with Crippen molar-refractivity contribution in [2.45, 2.75) is 58.0 Å². The predicted octanol–water partition coefficient (Wildman–Crippen LogP) is 3.55. The number of hydrogen-bond donors (Lipinski definition) is 1. The standard InChI is InChI=1S/C18H30O4Si/c1-18(2,3)23(4,5)22-17(11-16(20)12-19)14-21-13-15-9-7-6-8-10-15/h6-10,17,19H,11-14H2,1-5H3/t17-/m1/s1. The van der Waals surface area contributed by atoms with E-state index in [-0.39, 0.29) is 23.3 Å². The summed E-state index contributed by atoms with van der Waals surface area (Å²) in [5.41, 5.74) is 1.09. The van der Waals surface area contributed by atoms with E-state index in [1.165, 1.54) is 0 Å². The van der Waals surface area contributed by atoms with Crippen molar-refractivity contribution < 1.29 is 19.1 Å². The summed E-state index contributed by atoms with van der Waals surface area (Å²) in [5.74, 6) is -0.211. The first-order valence-electron chi connectivity index (χ1n) is 8.08. The maximum Gasteiger partial charge on any atom is 0.192 e. The average molecular weight is 339 g/mol. The number of carbonyl (C=O) groups excluding carboxylic acids is 1. The average Bonchev–Trinajstić information content (AvgIpc) is 2.46. The Morgan fingerprint density at radius 3 is 2.35 bits per heavy atom. The van der Waals surface area contributed by atoms with Crippen LogP contribution in [0.4, 0.5) is 0 Å². The Bertz CT molecular complexity index is 480. The van der Waals surface area contributed by atoms with Gasteiger partial charge in [0.05, 0.1) is 19.3 Å². The van der Waals surface area contributed by atoms with Gasteiger partial charge < -0.3 is 14.3 Å². The fraction of sp³-hybridized carbons (Fsp3) is 0.611. The van der Waals surface area contributed by atoms with Crippen LogP contribution in [-0.2, 0) is 20.6 Å². The van der Waals surface area contributed by atoms with Crippen LogP contribution in [0.1, 0.15) is 32.8 Å². The molecule has 4 nitrogen and oxygen atoms in total. The van der Waals surface area contributed by atoms with Crippen molar-refractivity contribution in [3.8, 4) is 0 Å². The van der Waals surface area contributed by atoms with Gasteiger partial charge in [0.1, 0.15) is 6.61 Å². The van der Waals surface area contributed by atoms with Crippen LogP contribution in [0.25, 0.3) is 0 Å². The smallest absolute Gasteiger partial charge is 0.192 e. The van der Waals surface area contributed by atoms with E-state index in [4.69, 9.17) is 14.3 Å². The van der Waals surface area contributed by atoms with Gasteiger partial charge in [-0.1, -0.05) is 51.1 Å². The lowest BCUT2D eigenvalue weighted by Gasteiger charge is -2.39. The summed E-state index contributed by atoms with van der Waals surface area (Å²) >= 11 is 0. The van der Waals surface area contributed by atoms with Crippen molar-refractivity contribution >= 4 is 14.1 Å². The molecule has 23 heavy (non-hydrogen) atoms. The predicted molar refractivity (Wildman–Crippen MR) is 94.9 cm³/mol. The fourth-order valence-corrected chi connectivity index (χ4v) is 3.27. The summed E-state index contributed by atoms with van der Waals surface area (Å²) in [6, 6.07) is 9.91. The number of Topliss-reactive ketones (excluding diaryl/α,β-unsaturated/α-hetero) is 1. The van der Waals surface area contributed by atoms with Crippen LogP contribution in [0.5, 0.6) is 0 Å². The number of rotatable bonds is 9. The summed E-state index contributed by atoms with van der Waals surface area (Å²) in [6.45, 7) is 11.2. The Hall–Kier alpha value is -1.01. The summed E-state index contributed by atoms with van der Waals surface area (Å²) in [4.78, 5) is 11.6. The Balaban J connectivity index is 2.63. The van der Waals surface area contributed by atoms with Gasteiger partial charge in [-0.25, -0.2) is 0 Å². The number of aliphatic hydroxyl groups is 1. The number of benzene rings is 1. The first kappa shape index (κ1) is 20.0. The molecule has 1 atom stereocenters. The SMILES string of the molecule is CC(C)(C)[Si](C)(C)O[C@@H](COCc1ccccc1)CC(=O)CO. The number of hydrogen-bond acceptors (Lipinski definition) is 4. The van der Waals surface area contributed by atoms with Crippen molar-refractivity contribution in [1.29, 1.82) is 0 Å². The van der Waals surface area contributed by atoms with E-state index in [0.717, 1.165) is 5.56 Å². The highest BCUT2D eigenvalue weighted by Gasteiger charge is 2.39. The third-order valence-electron chi connectivity index (χ3n) is 4.31. The highest BCUT2D eigenvalue weighted by molar-refractivity contribution is 6.74. The molecule has 0 fully saturated rings. The second-order valence-corrected chi connectivity index (χ2v) is 12.2. The molecule has 130 valence electrons. The van der Waals surface area contributed by atoms with Gasteiger partial charge >= 0.3 is 0 Å². The van der Waals surface area contributed by atoms with Gasteiger partial charge in [0.15, 0.2) is 14.1 Å². The Labute approximate surface area is 140 Å². The molecule has 0 heterocycles. The molecule has 0 saturated heterocycles. The van der Waals surface area contributed by atoms with Crippen LogP contribution in [0.15, 0.2) is 30.3 Å². The van der Waals surface area contributed by atoms with Crippen molar-refractivity contribution in [2.75, 3.05) is 13.2 Å². The molecule has 0 spiro atoms. The van der Waals surface area contributed by atoms with Gasteiger partial charge in [-0.15, -0.1) is 0 Å². The second-order valence-electron chi connectivity index (χ2n) is 7.40. The monoisotopic (exact) mass is 338 g/mol. The minimum atomic E-state index is -1.99. The minimum absolute atomic E-state index is 0.0624. The zero-order valence-electron chi connectivity index (χ0n) is 15.0. The molecule has 0 aliphatic carbocycles. The molecule has 1 aromatic rings. The normalized spacial score (nSPS) is 13.8. The second kappa shape index (κ2) is 8.73. The lowest BCUT2D eigenvalue weighted by Crippen LogP contribution is -2.45. The van der Waals surface area contributed by atoms with Gasteiger partial charge in [-0.3, -0.25) is 4.79 Å². The third-order valence-corrected chi connectivity index (χ3v) is 8.85. The zero-order valence-corrected chi connectivity index (χ0v) is 16.0. The molecule has 1 rings (SSSR count). The van der Waals surface area contributed by atoms with Crippen LogP contribution in [0.2, 0.25) is 18.1 Å². The van der Waals surface area contributed by atoms with Crippen LogP contribution >= 0.6 is 0 Å². The van der Waals surface area contributed by atoms with E-state index in [1.807, 2.05) is 30.3 Å². The van der Waals surface area contributed by atoms with E-state index >= 15 is 0 Å². The summed E-state index contributed by atoms with van der Waals surface area (Å²) < 4.78 is 12.0. The summed E-state index contributed by atoms with van der Waals surface area (Å²) in [5, 5.41) is 9.07. The largest absolute Gasteiger partial charge is 0.411 e. The molecule has 0 aliphatic heterocycles. The molecule has 0 saturated carbocycles. The molecule has 0 amide bonds. The summed E-state index contributed by atoms with van der Waals surface area (Å²) in [6.07, 6.45) is -0.114. The molecular weight excluding hydrogens is 308 g/mol. The molecule has 0 bridgehead atoms.